The molecular weight excluding hydrogens is 510 g/mol. The molecule has 2 aromatic carbocycles. The maximum absolute atomic E-state index is 12.8. The summed E-state index contributed by atoms with van der Waals surface area (Å²) in [5, 5.41) is 5.42. The first-order valence-electron chi connectivity index (χ1n) is 10.3. The molecule has 0 aromatic heterocycles. The Kier molecular flexibility index (Phi) is 8.79. The van der Waals surface area contributed by atoms with Crippen LogP contribution in [0, 0.1) is 0 Å². The number of ether oxygens (including phenoxy) is 2. The molecule has 2 aromatic rings. The Hall–Kier alpha value is -2.98. The summed E-state index contributed by atoms with van der Waals surface area (Å²) in [6.07, 6.45) is 0.396. The van der Waals surface area contributed by atoms with Crippen molar-refractivity contribution in [3.05, 3.63) is 64.1 Å². The Bertz CT molecular complexity index is 1030. The SMILES string of the molecule is COc1ccc(Br)cc1C(=O)NC(=S)N1CCNC(=O)C1CC(=O)OCCc1ccccc1. The summed E-state index contributed by atoms with van der Waals surface area (Å²) in [6.45, 7) is 0.901. The summed E-state index contributed by atoms with van der Waals surface area (Å²) in [4.78, 5) is 39.2. The number of amides is 2. The third-order valence-corrected chi connectivity index (χ3v) is 5.90. The van der Waals surface area contributed by atoms with Gasteiger partial charge in [0.1, 0.15) is 11.8 Å². The third-order valence-electron chi connectivity index (χ3n) is 5.07. The van der Waals surface area contributed by atoms with E-state index in [0.29, 0.717) is 29.7 Å². The first kappa shape index (κ1) is 24.7. The zero-order valence-corrected chi connectivity index (χ0v) is 20.4. The second kappa shape index (κ2) is 11.8. The highest BCUT2D eigenvalue weighted by Crippen LogP contribution is 2.23. The van der Waals surface area contributed by atoms with Crippen molar-refractivity contribution < 1.29 is 23.9 Å². The van der Waals surface area contributed by atoms with Crippen molar-refractivity contribution >= 4 is 51.0 Å². The molecule has 0 aliphatic carbocycles. The van der Waals surface area contributed by atoms with Crippen LogP contribution >= 0.6 is 28.1 Å². The van der Waals surface area contributed by atoms with Crippen molar-refractivity contribution in [2.45, 2.75) is 18.9 Å². The highest BCUT2D eigenvalue weighted by atomic mass is 79.9. The van der Waals surface area contributed by atoms with Crippen LogP contribution in [0.1, 0.15) is 22.3 Å². The predicted molar refractivity (Wildman–Crippen MR) is 130 cm³/mol. The topological polar surface area (TPSA) is 97.0 Å². The highest BCUT2D eigenvalue weighted by Gasteiger charge is 2.34. The smallest absolute Gasteiger partial charge is 0.308 e. The van der Waals surface area contributed by atoms with Gasteiger partial charge in [-0.25, -0.2) is 0 Å². The van der Waals surface area contributed by atoms with Crippen LogP contribution in [-0.2, 0) is 20.7 Å². The average molecular weight is 534 g/mol. The van der Waals surface area contributed by atoms with Crippen molar-refractivity contribution in [3.63, 3.8) is 0 Å². The Morgan fingerprint density at radius 2 is 2.00 bits per heavy atom. The van der Waals surface area contributed by atoms with Crippen molar-refractivity contribution in [2.75, 3.05) is 26.8 Å². The molecule has 0 saturated carbocycles. The number of nitrogens with one attached hydrogen (secondary N) is 2. The fourth-order valence-corrected chi connectivity index (χ4v) is 4.07. The van der Waals surface area contributed by atoms with Crippen LogP contribution in [0.5, 0.6) is 5.75 Å². The standard InChI is InChI=1S/C23H24BrN3O5S/c1-31-19-8-7-16(24)13-17(19)21(29)26-23(33)27-11-10-25-22(30)18(27)14-20(28)32-12-9-15-5-3-2-4-6-15/h2-8,13,18H,9-12,14H2,1H3,(H,25,30)(H,26,29,33). The number of piperazine rings is 1. The number of hydrogen-bond donors (Lipinski definition) is 2. The van der Waals surface area contributed by atoms with E-state index in [4.69, 9.17) is 21.7 Å². The molecule has 8 nitrogen and oxygen atoms in total. The van der Waals surface area contributed by atoms with Gasteiger partial charge in [-0.1, -0.05) is 46.3 Å². The molecular formula is C23H24BrN3O5S. The van der Waals surface area contributed by atoms with E-state index < -0.39 is 17.9 Å². The molecule has 174 valence electrons. The number of carbonyl (C=O) groups is 3. The van der Waals surface area contributed by atoms with Crippen molar-refractivity contribution in [2.24, 2.45) is 0 Å². The summed E-state index contributed by atoms with van der Waals surface area (Å²) >= 11 is 8.74. The number of esters is 1. The first-order chi connectivity index (χ1) is 15.9. The lowest BCUT2D eigenvalue weighted by atomic mass is 10.1. The number of carbonyl (C=O) groups excluding carboxylic acids is 3. The minimum atomic E-state index is -0.875. The van der Waals surface area contributed by atoms with Crippen LogP contribution in [0.2, 0.25) is 0 Å². The molecule has 1 aliphatic heterocycles. The molecule has 1 heterocycles. The summed E-state index contributed by atoms with van der Waals surface area (Å²) in [5.41, 5.74) is 1.33. The maximum Gasteiger partial charge on any atom is 0.308 e. The van der Waals surface area contributed by atoms with Gasteiger partial charge in [0, 0.05) is 24.0 Å². The maximum atomic E-state index is 12.8. The van der Waals surface area contributed by atoms with Gasteiger partial charge in [-0.15, -0.1) is 0 Å². The van der Waals surface area contributed by atoms with E-state index in [9.17, 15) is 14.4 Å². The number of halogens is 1. The van der Waals surface area contributed by atoms with Gasteiger partial charge in [0.25, 0.3) is 5.91 Å². The molecule has 0 bridgehead atoms. The minimum Gasteiger partial charge on any atom is -0.496 e. The van der Waals surface area contributed by atoms with E-state index in [0.717, 1.165) is 5.56 Å². The van der Waals surface area contributed by atoms with E-state index >= 15 is 0 Å². The van der Waals surface area contributed by atoms with Crippen molar-refractivity contribution in [1.82, 2.24) is 15.5 Å². The number of thiocarbonyl (C=S) groups is 1. The molecule has 2 amide bonds. The molecule has 1 fully saturated rings. The lowest BCUT2D eigenvalue weighted by Crippen LogP contribution is -2.60. The Labute approximate surface area is 205 Å². The van der Waals surface area contributed by atoms with Gasteiger partial charge in [0.15, 0.2) is 5.11 Å². The lowest BCUT2D eigenvalue weighted by molar-refractivity contribution is -0.147. The third kappa shape index (κ3) is 6.75. The fraction of sp³-hybridized carbons (Fsp3) is 0.304. The van der Waals surface area contributed by atoms with Gasteiger partial charge in [-0.3, -0.25) is 19.7 Å². The van der Waals surface area contributed by atoms with E-state index in [1.807, 2.05) is 30.3 Å². The van der Waals surface area contributed by atoms with E-state index in [-0.39, 0.29) is 29.6 Å². The molecule has 1 atom stereocenters. The van der Waals surface area contributed by atoms with Gasteiger partial charge in [-0.05, 0) is 36.0 Å². The van der Waals surface area contributed by atoms with Crippen LogP contribution in [0.15, 0.2) is 53.0 Å². The molecule has 3 rings (SSSR count). The Morgan fingerprint density at radius 1 is 1.24 bits per heavy atom. The number of hydrogen-bond acceptors (Lipinski definition) is 6. The number of nitrogens with zero attached hydrogens (tertiary/aromatic N) is 1. The quantitative estimate of drug-likeness (QED) is 0.416. The van der Waals surface area contributed by atoms with Crippen LogP contribution in [0.4, 0.5) is 0 Å². The van der Waals surface area contributed by atoms with Crippen molar-refractivity contribution in [3.8, 4) is 5.75 Å². The van der Waals surface area contributed by atoms with E-state index in [1.165, 1.54) is 12.0 Å². The Morgan fingerprint density at radius 3 is 2.73 bits per heavy atom. The predicted octanol–water partition coefficient (Wildman–Crippen LogP) is 2.45. The van der Waals surface area contributed by atoms with E-state index in [2.05, 4.69) is 26.6 Å². The monoisotopic (exact) mass is 533 g/mol. The van der Waals surface area contributed by atoms with Gasteiger partial charge < -0.3 is 19.7 Å². The average Bonchev–Trinajstić information content (AvgIpc) is 2.81. The number of rotatable bonds is 7. The van der Waals surface area contributed by atoms with Crippen LogP contribution in [0.25, 0.3) is 0 Å². The summed E-state index contributed by atoms with van der Waals surface area (Å²) < 4.78 is 11.3. The molecule has 33 heavy (non-hydrogen) atoms. The van der Waals surface area contributed by atoms with Crippen molar-refractivity contribution in [1.29, 1.82) is 0 Å². The highest BCUT2D eigenvalue weighted by molar-refractivity contribution is 9.10. The normalized spacial score (nSPS) is 15.4. The van der Waals surface area contributed by atoms with Gasteiger partial charge in [0.2, 0.25) is 5.91 Å². The zero-order chi connectivity index (χ0) is 23.8. The summed E-state index contributed by atoms with van der Waals surface area (Å²) in [6, 6.07) is 13.8. The molecule has 2 N–H and O–H groups in total. The second-order valence-corrected chi connectivity index (χ2v) is 8.57. The summed E-state index contributed by atoms with van der Waals surface area (Å²) in [7, 11) is 1.47. The molecule has 0 radical (unpaired) electrons. The molecule has 1 aliphatic rings. The summed E-state index contributed by atoms with van der Waals surface area (Å²) in [5.74, 6) is -0.958. The number of methoxy groups -OCH3 is 1. The van der Waals surface area contributed by atoms with Gasteiger partial charge in [-0.2, -0.15) is 0 Å². The van der Waals surface area contributed by atoms with Gasteiger partial charge in [0.05, 0.1) is 25.7 Å². The van der Waals surface area contributed by atoms with Gasteiger partial charge >= 0.3 is 5.97 Å². The lowest BCUT2D eigenvalue weighted by Gasteiger charge is -2.36. The molecule has 1 saturated heterocycles. The fourth-order valence-electron chi connectivity index (χ4n) is 3.40. The van der Waals surface area contributed by atoms with Crippen LogP contribution in [0.3, 0.4) is 0 Å². The molecule has 0 spiro atoms. The minimum absolute atomic E-state index is 0.0546. The second-order valence-electron chi connectivity index (χ2n) is 7.26. The van der Waals surface area contributed by atoms with Crippen LogP contribution < -0.4 is 15.4 Å². The number of benzene rings is 2. The Balaban J connectivity index is 1.61. The molecule has 1 unspecified atom stereocenters. The van der Waals surface area contributed by atoms with Crippen LogP contribution in [-0.4, -0.2) is 60.6 Å². The first-order valence-corrected chi connectivity index (χ1v) is 11.5. The van der Waals surface area contributed by atoms with E-state index in [1.54, 1.807) is 18.2 Å². The largest absolute Gasteiger partial charge is 0.496 e. The molecule has 10 heteroatoms. The zero-order valence-electron chi connectivity index (χ0n) is 18.0.